The van der Waals surface area contributed by atoms with Gasteiger partial charge in [-0.05, 0) is 30.9 Å². The maximum Gasteiger partial charge on any atom is 0.191 e. The zero-order valence-corrected chi connectivity index (χ0v) is 19.6. The molecular weight excluding hydrogens is 469 g/mol. The predicted octanol–water partition coefficient (Wildman–Crippen LogP) is 3.75. The Bertz CT molecular complexity index is 573. The van der Waals surface area contributed by atoms with Crippen LogP contribution in [0, 0.1) is 5.92 Å². The van der Waals surface area contributed by atoms with Crippen LogP contribution < -0.4 is 10.6 Å². The maximum atomic E-state index is 5.85. The van der Waals surface area contributed by atoms with E-state index in [0.29, 0.717) is 18.5 Å². The zero-order valence-electron chi connectivity index (χ0n) is 17.2. The lowest BCUT2D eigenvalue weighted by molar-refractivity contribution is -0.0829. The number of rotatable bonds is 7. The lowest BCUT2D eigenvalue weighted by Crippen LogP contribution is -2.49. The Labute approximate surface area is 186 Å². The summed E-state index contributed by atoms with van der Waals surface area (Å²) in [4.78, 5) is 4.92. The molecule has 0 bridgehead atoms. The van der Waals surface area contributed by atoms with E-state index in [-0.39, 0.29) is 29.6 Å². The van der Waals surface area contributed by atoms with E-state index in [2.05, 4.69) is 17.6 Å². The first kappa shape index (κ1) is 23.5. The van der Waals surface area contributed by atoms with Crippen molar-refractivity contribution in [3.63, 3.8) is 0 Å². The number of aliphatic imine (C=N–C) groups is 1. The van der Waals surface area contributed by atoms with Gasteiger partial charge in [0, 0.05) is 52.2 Å². The number of hydrogen-bond acceptors (Lipinski definition) is 4. The summed E-state index contributed by atoms with van der Waals surface area (Å²) in [6, 6.07) is 4.43. The Hall–Kier alpha value is -0.800. The predicted molar refractivity (Wildman–Crippen MR) is 122 cm³/mol. The standard InChI is InChI=1S/C21H35N3O3.HI/c1-17-6-3-4-8-19(17)24-20(22-12-9-18-7-5-13-27-18)23-16-21(25-2)10-14-26-15-11-21;/h5,7,13,17,19H,3-4,6,8-12,14-16H2,1-2H3,(H2,22,23,24);1H. The monoisotopic (exact) mass is 505 g/mol. The lowest BCUT2D eigenvalue weighted by atomic mass is 9.86. The van der Waals surface area contributed by atoms with Crippen molar-refractivity contribution in [2.75, 3.05) is 33.4 Å². The lowest BCUT2D eigenvalue weighted by Gasteiger charge is -2.35. The molecule has 1 saturated heterocycles. The van der Waals surface area contributed by atoms with E-state index in [9.17, 15) is 0 Å². The van der Waals surface area contributed by atoms with E-state index >= 15 is 0 Å². The molecule has 0 amide bonds. The molecule has 0 radical (unpaired) electrons. The highest BCUT2D eigenvalue weighted by Gasteiger charge is 2.32. The second-order valence-electron chi connectivity index (χ2n) is 7.93. The summed E-state index contributed by atoms with van der Waals surface area (Å²) in [5, 5.41) is 7.19. The molecule has 7 heteroatoms. The fourth-order valence-electron chi connectivity index (χ4n) is 4.01. The highest BCUT2D eigenvalue weighted by atomic mass is 127. The van der Waals surface area contributed by atoms with Crippen molar-refractivity contribution in [3.05, 3.63) is 24.2 Å². The van der Waals surface area contributed by atoms with Gasteiger partial charge in [-0.2, -0.15) is 0 Å². The van der Waals surface area contributed by atoms with E-state index in [4.69, 9.17) is 18.9 Å². The smallest absolute Gasteiger partial charge is 0.191 e. The van der Waals surface area contributed by atoms with Gasteiger partial charge >= 0.3 is 0 Å². The fraction of sp³-hybridized carbons (Fsp3) is 0.762. The molecule has 2 heterocycles. The van der Waals surface area contributed by atoms with Crippen LogP contribution in [-0.4, -0.2) is 51.0 Å². The number of guanidine groups is 1. The van der Waals surface area contributed by atoms with Crippen molar-refractivity contribution in [1.29, 1.82) is 0 Å². The van der Waals surface area contributed by atoms with E-state index in [0.717, 1.165) is 50.7 Å². The van der Waals surface area contributed by atoms with Crippen LogP contribution in [0.25, 0.3) is 0 Å². The molecule has 0 aromatic carbocycles. The van der Waals surface area contributed by atoms with Crippen molar-refractivity contribution < 1.29 is 13.9 Å². The molecule has 28 heavy (non-hydrogen) atoms. The molecule has 0 spiro atoms. The summed E-state index contributed by atoms with van der Waals surface area (Å²) in [6.45, 7) is 5.29. The molecule has 6 nitrogen and oxygen atoms in total. The number of halogens is 1. The molecule has 1 aliphatic heterocycles. The third-order valence-corrected chi connectivity index (χ3v) is 6.04. The van der Waals surface area contributed by atoms with Crippen LogP contribution in [-0.2, 0) is 15.9 Å². The minimum atomic E-state index is -0.202. The van der Waals surface area contributed by atoms with Crippen LogP contribution in [0.5, 0.6) is 0 Å². The quantitative estimate of drug-likeness (QED) is 0.336. The molecule has 3 rings (SSSR count). The van der Waals surface area contributed by atoms with Crippen LogP contribution >= 0.6 is 24.0 Å². The molecule has 1 aromatic heterocycles. The first-order valence-electron chi connectivity index (χ1n) is 10.4. The number of methoxy groups -OCH3 is 1. The second-order valence-corrected chi connectivity index (χ2v) is 7.93. The molecule has 2 fully saturated rings. The van der Waals surface area contributed by atoms with Gasteiger partial charge in [-0.25, -0.2) is 0 Å². The average molecular weight is 505 g/mol. The van der Waals surface area contributed by atoms with E-state index < -0.39 is 0 Å². The highest BCUT2D eigenvalue weighted by Crippen LogP contribution is 2.25. The van der Waals surface area contributed by atoms with Gasteiger partial charge in [-0.1, -0.05) is 19.8 Å². The van der Waals surface area contributed by atoms with Crippen LogP contribution in [0.4, 0.5) is 0 Å². The van der Waals surface area contributed by atoms with E-state index in [1.807, 2.05) is 12.1 Å². The highest BCUT2D eigenvalue weighted by molar-refractivity contribution is 14.0. The summed E-state index contributed by atoms with van der Waals surface area (Å²) in [5.41, 5.74) is -0.202. The van der Waals surface area contributed by atoms with Crippen LogP contribution in [0.1, 0.15) is 51.2 Å². The summed E-state index contributed by atoms with van der Waals surface area (Å²) < 4.78 is 16.8. The van der Waals surface area contributed by atoms with E-state index in [1.165, 1.54) is 25.7 Å². The van der Waals surface area contributed by atoms with Crippen LogP contribution in [0.3, 0.4) is 0 Å². The summed E-state index contributed by atoms with van der Waals surface area (Å²) in [7, 11) is 1.79. The molecule has 1 aliphatic carbocycles. The van der Waals surface area contributed by atoms with Crippen molar-refractivity contribution in [2.24, 2.45) is 10.9 Å². The number of ether oxygens (including phenoxy) is 2. The van der Waals surface area contributed by atoms with Gasteiger partial charge in [-0.3, -0.25) is 4.99 Å². The molecule has 2 atom stereocenters. The first-order valence-corrected chi connectivity index (χ1v) is 10.4. The van der Waals surface area contributed by atoms with Crippen molar-refractivity contribution in [2.45, 2.75) is 63.5 Å². The maximum absolute atomic E-state index is 5.85. The van der Waals surface area contributed by atoms with Gasteiger partial charge in [0.15, 0.2) is 5.96 Å². The minimum absolute atomic E-state index is 0. The SMILES string of the molecule is COC1(CN=C(NCCc2ccco2)NC2CCCCC2C)CCOCC1.I. The first-order chi connectivity index (χ1) is 13.2. The summed E-state index contributed by atoms with van der Waals surface area (Å²) in [6.07, 6.45) is 9.49. The Morgan fingerprint density at radius 3 is 2.75 bits per heavy atom. The third kappa shape index (κ3) is 6.91. The van der Waals surface area contributed by atoms with Gasteiger partial charge in [0.1, 0.15) is 5.76 Å². The third-order valence-electron chi connectivity index (χ3n) is 6.04. The number of nitrogens with zero attached hydrogens (tertiary/aromatic N) is 1. The summed E-state index contributed by atoms with van der Waals surface area (Å²) >= 11 is 0. The topological polar surface area (TPSA) is 68.0 Å². The molecule has 160 valence electrons. The minimum Gasteiger partial charge on any atom is -0.469 e. The molecule has 1 aromatic rings. The molecule has 2 N–H and O–H groups in total. The largest absolute Gasteiger partial charge is 0.469 e. The normalized spacial score (nSPS) is 25.0. The van der Waals surface area contributed by atoms with Crippen LogP contribution in [0.15, 0.2) is 27.8 Å². The van der Waals surface area contributed by atoms with Gasteiger partial charge in [0.05, 0.1) is 18.4 Å². The molecule has 1 saturated carbocycles. The Morgan fingerprint density at radius 1 is 1.29 bits per heavy atom. The molecule has 2 unspecified atom stereocenters. The Morgan fingerprint density at radius 2 is 2.07 bits per heavy atom. The number of nitrogens with one attached hydrogen (secondary N) is 2. The van der Waals surface area contributed by atoms with Gasteiger partial charge in [0.2, 0.25) is 0 Å². The fourth-order valence-corrected chi connectivity index (χ4v) is 4.01. The van der Waals surface area contributed by atoms with Crippen molar-refractivity contribution in [3.8, 4) is 0 Å². The molecular formula is C21H36IN3O3. The zero-order chi connectivity index (χ0) is 19.0. The second kappa shape index (κ2) is 12.0. The Balaban J connectivity index is 0.00000280. The number of hydrogen-bond donors (Lipinski definition) is 2. The van der Waals surface area contributed by atoms with Crippen molar-refractivity contribution in [1.82, 2.24) is 10.6 Å². The Kier molecular flexibility index (Phi) is 10.1. The van der Waals surface area contributed by atoms with Crippen LogP contribution in [0.2, 0.25) is 0 Å². The van der Waals surface area contributed by atoms with E-state index in [1.54, 1.807) is 13.4 Å². The average Bonchev–Trinajstić information content (AvgIpc) is 3.22. The summed E-state index contributed by atoms with van der Waals surface area (Å²) in [5.74, 6) is 2.56. The number of furan rings is 1. The van der Waals surface area contributed by atoms with Gasteiger partial charge < -0.3 is 24.5 Å². The molecule has 2 aliphatic rings. The van der Waals surface area contributed by atoms with Crippen molar-refractivity contribution >= 4 is 29.9 Å². The van der Waals surface area contributed by atoms with Gasteiger partial charge in [0.25, 0.3) is 0 Å². The van der Waals surface area contributed by atoms with Gasteiger partial charge in [-0.15, -0.1) is 24.0 Å².